The predicted octanol–water partition coefficient (Wildman–Crippen LogP) is 0.852. The Hall–Kier alpha value is -0.620. The topological polar surface area (TPSA) is 74.7 Å². The monoisotopic (exact) mass is 277 g/mol. The van der Waals surface area contributed by atoms with Crippen LogP contribution >= 0.6 is 0 Å². The zero-order valence-corrected chi connectivity index (χ0v) is 12.1. The van der Waals surface area contributed by atoms with Crippen molar-refractivity contribution >= 4 is 15.8 Å². The van der Waals surface area contributed by atoms with Gasteiger partial charge in [-0.15, -0.1) is 0 Å². The number of carboxylic acid groups (broad SMARTS) is 1. The first kappa shape index (κ1) is 15.4. The van der Waals surface area contributed by atoms with E-state index in [1.165, 1.54) is 6.26 Å². The maximum Gasteiger partial charge on any atom is 0.308 e. The molecule has 5 nitrogen and oxygen atoms in total. The van der Waals surface area contributed by atoms with E-state index < -0.39 is 15.8 Å². The van der Waals surface area contributed by atoms with Crippen LogP contribution in [0.2, 0.25) is 0 Å². The van der Waals surface area contributed by atoms with Crippen molar-refractivity contribution in [1.29, 1.82) is 0 Å². The smallest absolute Gasteiger partial charge is 0.308 e. The van der Waals surface area contributed by atoms with E-state index in [9.17, 15) is 18.3 Å². The molecular weight excluding hydrogens is 254 g/mol. The van der Waals surface area contributed by atoms with Crippen molar-refractivity contribution in [2.24, 2.45) is 11.8 Å². The lowest BCUT2D eigenvalue weighted by atomic mass is 9.78. The van der Waals surface area contributed by atoms with Gasteiger partial charge < -0.3 is 10.0 Å². The van der Waals surface area contributed by atoms with Gasteiger partial charge in [0.2, 0.25) is 0 Å². The summed E-state index contributed by atoms with van der Waals surface area (Å²) in [5, 5.41) is 9.23. The lowest BCUT2D eigenvalue weighted by Gasteiger charge is -2.38. The van der Waals surface area contributed by atoms with Gasteiger partial charge in [0.15, 0.2) is 0 Å². The summed E-state index contributed by atoms with van der Waals surface area (Å²) >= 11 is 0. The fourth-order valence-electron chi connectivity index (χ4n) is 2.60. The number of rotatable bonds is 5. The zero-order valence-electron chi connectivity index (χ0n) is 11.3. The molecule has 1 aliphatic rings. The fourth-order valence-corrected chi connectivity index (χ4v) is 3.22. The number of carboxylic acids is 1. The summed E-state index contributed by atoms with van der Waals surface area (Å²) in [6, 6.07) is -0.0481. The van der Waals surface area contributed by atoms with Crippen molar-refractivity contribution in [2.75, 3.05) is 25.6 Å². The Balaban J connectivity index is 2.66. The fraction of sp³-hybridized carbons (Fsp3) is 0.917. The van der Waals surface area contributed by atoms with E-state index in [2.05, 4.69) is 6.92 Å². The molecule has 1 aliphatic carbocycles. The van der Waals surface area contributed by atoms with Crippen LogP contribution in [0.25, 0.3) is 0 Å². The zero-order chi connectivity index (χ0) is 13.9. The van der Waals surface area contributed by atoms with Crippen LogP contribution in [-0.2, 0) is 14.6 Å². The molecule has 0 aromatic rings. The summed E-state index contributed by atoms with van der Waals surface area (Å²) in [7, 11) is -1.17. The van der Waals surface area contributed by atoms with Crippen molar-refractivity contribution in [3.8, 4) is 0 Å². The van der Waals surface area contributed by atoms with Crippen LogP contribution in [0.3, 0.4) is 0 Å². The number of hydrogen-bond acceptors (Lipinski definition) is 4. The summed E-state index contributed by atoms with van der Waals surface area (Å²) < 4.78 is 22.3. The molecule has 0 aromatic heterocycles. The van der Waals surface area contributed by atoms with Gasteiger partial charge in [0, 0.05) is 18.8 Å². The van der Waals surface area contributed by atoms with E-state index in [0.717, 1.165) is 12.8 Å². The minimum absolute atomic E-state index is 0.0481. The van der Waals surface area contributed by atoms with E-state index >= 15 is 0 Å². The van der Waals surface area contributed by atoms with Crippen LogP contribution in [0.5, 0.6) is 0 Å². The van der Waals surface area contributed by atoms with Crippen molar-refractivity contribution in [3.05, 3.63) is 0 Å². The van der Waals surface area contributed by atoms with Gasteiger partial charge in [-0.25, -0.2) is 8.42 Å². The first-order chi connectivity index (χ1) is 8.20. The van der Waals surface area contributed by atoms with Crippen LogP contribution in [0.1, 0.15) is 26.2 Å². The summed E-state index contributed by atoms with van der Waals surface area (Å²) in [5.41, 5.74) is 0. The molecule has 0 bridgehead atoms. The third-order valence-electron chi connectivity index (χ3n) is 3.78. The van der Waals surface area contributed by atoms with Gasteiger partial charge in [-0.1, -0.05) is 6.92 Å². The molecule has 0 saturated heterocycles. The van der Waals surface area contributed by atoms with E-state index in [-0.39, 0.29) is 17.7 Å². The maximum atomic E-state index is 11.2. The molecule has 1 N–H and O–H groups in total. The highest BCUT2D eigenvalue weighted by Crippen LogP contribution is 2.31. The molecule has 1 fully saturated rings. The molecule has 0 amide bonds. The number of sulfone groups is 1. The van der Waals surface area contributed by atoms with Gasteiger partial charge in [-0.2, -0.15) is 0 Å². The molecule has 0 heterocycles. The van der Waals surface area contributed by atoms with Gasteiger partial charge in [-0.05, 0) is 32.2 Å². The number of nitrogens with zero attached hydrogens (tertiary/aromatic N) is 1. The third kappa shape index (κ3) is 4.57. The van der Waals surface area contributed by atoms with Gasteiger partial charge in [-0.3, -0.25) is 4.79 Å². The number of hydrogen-bond donors (Lipinski definition) is 1. The second-order valence-electron chi connectivity index (χ2n) is 5.54. The lowest BCUT2D eigenvalue weighted by molar-refractivity contribution is -0.145. The quantitative estimate of drug-likeness (QED) is 0.806. The maximum absolute atomic E-state index is 11.2. The van der Waals surface area contributed by atoms with Crippen LogP contribution in [-0.4, -0.2) is 56.0 Å². The Morgan fingerprint density at radius 3 is 2.50 bits per heavy atom. The largest absolute Gasteiger partial charge is 0.481 e. The van der Waals surface area contributed by atoms with Crippen molar-refractivity contribution in [3.63, 3.8) is 0 Å². The SMILES string of the molecule is CC1CCC(C(=O)O)C(N(C)CCS(C)(=O)=O)C1. The minimum atomic E-state index is -3.00. The van der Waals surface area contributed by atoms with Crippen molar-refractivity contribution in [2.45, 2.75) is 32.2 Å². The predicted molar refractivity (Wildman–Crippen MR) is 70.3 cm³/mol. The number of carbonyl (C=O) groups is 1. The van der Waals surface area contributed by atoms with Gasteiger partial charge >= 0.3 is 5.97 Å². The van der Waals surface area contributed by atoms with Crippen LogP contribution in [0, 0.1) is 11.8 Å². The van der Waals surface area contributed by atoms with Gasteiger partial charge in [0.25, 0.3) is 0 Å². The van der Waals surface area contributed by atoms with Gasteiger partial charge in [0.05, 0.1) is 11.7 Å². The molecule has 0 aliphatic heterocycles. The molecule has 1 rings (SSSR count). The van der Waals surface area contributed by atoms with E-state index in [1.807, 2.05) is 11.9 Å². The summed E-state index contributed by atoms with van der Waals surface area (Å²) in [6.07, 6.45) is 3.66. The van der Waals surface area contributed by atoms with Crippen LogP contribution in [0.4, 0.5) is 0 Å². The molecule has 18 heavy (non-hydrogen) atoms. The molecule has 3 unspecified atom stereocenters. The molecular formula is C12H23NO4S. The summed E-state index contributed by atoms with van der Waals surface area (Å²) in [5.74, 6) is -0.545. The first-order valence-electron chi connectivity index (χ1n) is 6.31. The van der Waals surface area contributed by atoms with Crippen molar-refractivity contribution < 1.29 is 18.3 Å². The molecule has 0 spiro atoms. The summed E-state index contributed by atoms with van der Waals surface area (Å²) in [4.78, 5) is 13.1. The Morgan fingerprint density at radius 1 is 1.39 bits per heavy atom. The molecule has 106 valence electrons. The van der Waals surface area contributed by atoms with E-state index in [0.29, 0.717) is 18.9 Å². The molecule has 6 heteroatoms. The Bertz CT molecular complexity index is 393. The standard InChI is InChI=1S/C12H23NO4S/c1-9-4-5-10(12(14)15)11(8-9)13(2)6-7-18(3,16)17/h9-11H,4-8H2,1-3H3,(H,14,15). The average molecular weight is 277 g/mol. The number of aliphatic carboxylic acids is 1. The third-order valence-corrected chi connectivity index (χ3v) is 4.70. The highest BCUT2D eigenvalue weighted by molar-refractivity contribution is 7.90. The van der Waals surface area contributed by atoms with Crippen LogP contribution in [0.15, 0.2) is 0 Å². The van der Waals surface area contributed by atoms with Gasteiger partial charge in [0.1, 0.15) is 9.84 Å². The highest BCUT2D eigenvalue weighted by Gasteiger charge is 2.35. The molecule has 0 radical (unpaired) electrons. The van der Waals surface area contributed by atoms with Crippen molar-refractivity contribution in [1.82, 2.24) is 4.90 Å². The van der Waals surface area contributed by atoms with Crippen LogP contribution < -0.4 is 0 Å². The Labute approximate surface area is 109 Å². The summed E-state index contributed by atoms with van der Waals surface area (Å²) in [6.45, 7) is 2.52. The molecule has 1 saturated carbocycles. The van der Waals surface area contributed by atoms with E-state index in [1.54, 1.807) is 0 Å². The highest BCUT2D eigenvalue weighted by atomic mass is 32.2. The molecule has 0 aromatic carbocycles. The lowest BCUT2D eigenvalue weighted by Crippen LogP contribution is -2.46. The molecule has 3 atom stereocenters. The Kier molecular flexibility index (Phi) is 5.16. The van der Waals surface area contributed by atoms with E-state index in [4.69, 9.17) is 0 Å². The second-order valence-corrected chi connectivity index (χ2v) is 7.80. The second kappa shape index (κ2) is 6.02. The first-order valence-corrected chi connectivity index (χ1v) is 8.37. The minimum Gasteiger partial charge on any atom is -0.481 e. The average Bonchev–Trinajstić information content (AvgIpc) is 2.24. The Morgan fingerprint density at radius 2 is 2.00 bits per heavy atom. The normalized spacial score (nSPS) is 29.4.